The number of aliphatic hydroxyl groups is 1. The van der Waals surface area contributed by atoms with Gasteiger partial charge in [-0.25, -0.2) is 0 Å². The normalized spacial score (nSPS) is 22.2. The summed E-state index contributed by atoms with van der Waals surface area (Å²) in [5.41, 5.74) is 2.15. The van der Waals surface area contributed by atoms with Crippen LogP contribution in [-0.4, -0.2) is 27.7 Å². The maximum Gasteiger partial charge on any atom is 0.278 e. The third-order valence-electron chi connectivity index (χ3n) is 4.30. The van der Waals surface area contributed by atoms with E-state index >= 15 is 0 Å². The van der Waals surface area contributed by atoms with E-state index in [1.807, 2.05) is 0 Å². The Morgan fingerprint density at radius 1 is 1.38 bits per heavy atom. The number of nitrogens with one attached hydrogen (secondary N) is 1. The van der Waals surface area contributed by atoms with E-state index in [1.165, 1.54) is 0 Å². The van der Waals surface area contributed by atoms with Gasteiger partial charge in [0.2, 0.25) is 0 Å². The first-order valence-electron chi connectivity index (χ1n) is 7.47. The summed E-state index contributed by atoms with van der Waals surface area (Å²) < 4.78 is 0. The van der Waals surface area contributed by atoms with Gasteiger partial charge in [0, 0.05) is 23.9 Å². The van der Waals surface area contributed by atoms with Gasteiger partial charge in [-0.3, -0.25) is 15.1 Å². The number of aromatic nitrogens is 1. The molecule has 1 aliphatic rings. The molecule has 1 aliphatic carbocycles. The maximum atomic E-state index is 11.1. The molecule has 2 N–H and O–H groups in total. The molecule has 0 aromatic carbocycles. The minimum Gasteiger partial charge on any atom is -0.393 e. The molecular formula is C15H23N3O3. The molecule has 0 aliphatic heterocycles. The van der Waals surface area contributed by atoms with Gasteiger partial charge in [-0.1, -0.05) is 0 Å². The number of nitro groups is 1. The van der Waals surface area contributed by atoms with Gasteiger partial charge in [0.25, 0.3) is 5.69 Å². The predicted octanol–water partition coefficient (Wildman–Crippen LogP) is 2.25. The molecule has 0 unspecified atom stereocenters. The largest absolute Gasteiger partial charge is 0.393 e. The predicted molar refractivity (Wildman–Crippen MR) is 80.0 cm³/mol. The lowest BCUT2D eigenvalue weighted by Crippen LogP contribution is -2.28. The van der Waals surface area contributed by atoms with E-state index in [0.717, 1.165) is 37.9 Å². The Kier molecular flexibility index (Phi) is 5.25. The van der Waals surface area contributed by atoms with Gasteiger partial charge in [0.05, 0.1) is 16.7 Å². The Bertz CT molecular complexity index is 511. The first-order chi connectivity index (χ1) is 9.99. The van der Waals surface area contributed by atoms with Crippen molar-refractivity contribution in [2.45, 2.75) is 52.2 Å². The monoisotopic (exact) mass is 293 g/mol. The fourth-order valence-electron chi connectivity index (χ4n) is 2.97. The SMILES string of the molecule is Cc1cnc(CNCC2CCC(O)CC2)c(C)c1[N+](=O)[O-]. The van der Waals surface area contributed by atoms with Gasteiger partial charge in [0.15, 0.2) is 0 Å². The van der Waals surface area contributed by atoms with Gasteiger partial charge in [-0.2, -0.15) is 0 Å². The molecular weight excluding hydrogens is 270 g/mol. The quantitative estimate of drug-likeness (QED) is 0.642. The summed E-state index contributed by atoms with van der Waals surface area (Å²) in [4.78, 5) is 15.1. The van der Waals surface area contributed by atoms with Crippen LogP contribution >= 0.6 is 0 Å². The summed E-state index contributed by atoms with van der Waals surface area (Å²) in [6.07, 6.45) is 5.26. The summed E-state index contributed by atoms with van der Waals surface area (Å²) >= 11 is 0. The third kappa shape index (κ3) is 3.98. The van der Waals surface area contributed by atoms with E-state index in [4.69, 9.17) is 0 Å². The van der Waals surface area contributed by atoms with Gasteiger partial charge >= 0.3 is 0 Å². The second-order valence-corrected chi connectivity index (χ2v) is 5.92. The number of hydrogen-bond acceptors (Lipinski definition) is 5. The molecule has 6 nitrogen and oxygen atoms in total. The second-order valence-electron chi connectivity index (χ2n) is 5.92. The third-order valence-corrected chi connectivity index (χ3v) is 4.30. The molecule has 0 atom stereocenters. The van der Waals surface area contributed by atoms with Gasteiger partial charge < -0.3 is 10.4 Å². The molecule has 0 bridgehead atoms. The summed E-state index contributed by atoms with van der Waals surface area (Å²) in [7, 11) is 0. The van der Waals surface area contributed by atoms with Crippen molar-refractivity contribution in [1.82, 2.24) is 10.3 Å². The van der Waals surface area contributed by atoms with Crippen LogP contribution in [-0.2, 0) is 6.54 Å². The standard InChI is InChI=1S/C15H23N3O3/c1-10-7-17-14(11(2)15(10)18(20)21)9-16-8-12-3-5-13(19)6-4-12/h7,12-13,16,19H,3-6,8-9H2,1-2H3. The van der Waals surface area contributed by atoms with Crippen LogP contribution < -0.4 is 5.32 Å². The zero-order chi connectivity index (χ0) is 15.4. The molecule has 1 aromatic heterocycles. The molecule has 2 rings (SSSR count). The summed E-state index contributed by atoms with van der Waals surface area (Å²) in [6, 6.07) is 0. The zero-order valence-electron chi connectivity index (χ0n) is 12.6. The molecule has 0 radical (unpaired) electrons. The van der Waals surface area contributed by atoms with Crippen LogP contribution in [0.4, 0.5) is 5.69 Å². The van der Waals surface area contributed by atoms with Crippen LogP contribution in [0.25, 0.3) is 0 Å². The number of rotatable bonds is 5. The number of aryl methyl sites for hydroxylation is 1. The van der Waals surface area contributed by atoms with Crippen molar-refractivity contribution in [3.05, 3.63) is 33.1 Å². The van der Waals surface area contributed by atoms with Gasteiger partial charge in [0.1, 0.15) is 0 Å². The minimum atomic E-state index is -0.335. The number of nitrogens with zero attached hydrogens (tertiary/aromatic N) is 2. The van der Waals surface area contributed by atoms with Crippen molar-refractivity contribution in [2.75, 3.05) is 6.54 Å². The van der Waals surface area contributed by atoms with Crippen molar-refractivity contribution in [3.8, 4) is 0 Å². The topological polar surface area (TPSA) is 88.3 Å². The Morgan fingerprint density at radius 3 is 2.67 bits per heavy atom. The fraction of sp³-hybridized carbons (Fsp3) is 0.667. The Labute approximate surface area is 124 Å². The van der Waals surface area contributed by atoms with E-state index in [2.05, 4.69) is 10.3 Å². The molecule has 0 spiro atoms. The average molecular weight is 293 g/mol. The first-order valence-corrected chi connectivity index (χ1v) is 7.47. The van der Waals surface area contributed by atoms with Crippen molar-refractivity contribution in [2.24, 2.45) is 5.92 Å². The molecule has 1 saturated carbocycles. The molecule has 1 fully saturated rings. The van der Waals surface area contributed by atoms with Crippen molar-refractivity contribution in [3.63, 3.8) is 0 Å². The van der Waals surface area contributed by atoms with Crippen molar-refractivity contribution in [1.29, 1.82) is 0 Å². The van der Waals surface area contributed by atoms with Crippen LogP contribution in [0.1, 0.15) is 42.5 Å². The smallest absolute Gasteiger partial charge is 0.278 e. The number of aliphatic hydroxyl groups excluding tert-OH is 1. The van der Waals surface area contributed by atoms with Crippen LogP contribution in [0.5, 0.6) is 0 Å². The van der Waals surface area contributed by atoms with E-state index in [-0.39, 0.29) is 16.7 Å². The highest BCUT2D eigenvalue weighted by Gasteiger charge is 2.20. The molecule has 6 heteroatoms. The van der Waals surface area contributed by atoms with Gasteiger partial charge in [-0.15, -0.1) is 0 Å². The van der Waals surface area contributed by atoms with E-state index in [0.29, 0.717) is 23.6 Å². The van der Waals surface area contributed by atoms with Crippen LogP contribution in [0.15, 0.2) is 6.20 Å². The summed E-state index contributed by atoms with van der Waals surface area (Å²) in [6.45, 7) is 4.89. The van der Waals surface area contributed by atoms with Crippen LogP contribution in [0.3, 0.4) is 0 Å². The molecule has 0 saturated heterocycles. The lowest BCUT2D eigenvalue weighted by molar-refractivity contribution is -0.386. The average Bonchev–Trinajstić information content (AvgIpc) is 2.43. The lowest BCUT2D eigenvalue weighted by atomic mass is 9.87. The molecule has 0 amide bonds. The summed E-state index contributed by atoms with van der Waals surface area (Å²) in [5.74, 6) is 0.578. The molecule has 1 aromatic rings. The van der Waals surface area contributed by atoms with Crippen LogP contribution in [0.2, 0.25) is 0 Å². The highest BCUT2D eigenvalue weighted by atomic mass is 16.6. The highest BCUT2D eigenvalue weighted by Crippen LogP contribution is 2.25. The maximum absolute atomic E-state index is 11.1. The minimum absolute atomic E-state index is 0.134. The molecule has 21 heavy (non-hydrogen) atoms. The highest BCUT2D eigenvalue weighted by molar-refractivity contribution is 5.47. The zero-order valence-corrected chi connectivity index (χ0v) is 12.6. The fourth-order valence-corrected chi connectivity index (χ4v) is 2.97. The molecule has 1 heterocycles. The van der Waals surface area contributed by atoms with Gasteiger partial charge in [-0.05, 0) is 52.0 Å². The molecule has 116 valence electrons. The van der Waals surface area contributed by atoms with E-state index < -0.39 is 0 Å². The van der Waals surface area contributed by atoms with Crippen LogP contribution in [0, 0.1) is 29.9 Å². The Hall–Kier alpha value is -1.53. The number of pyridine rings is 1. The Balaban J connectivity index is 1.92. The van der Waals surface area contributed by atoms with E-state index in [9.17, 15) is 15.2 Å². The van der Waals surface area contributed by atoms with Crippen molar-refractivity contribution < 1.29 is 10.0 Å². The summed E-state index contributed by atoms with van der Waals surface area (Å²) in [5, 5.41) is 23.9. The van der Waals surface area contributed by atoms with E-state index in [1.54, 1.807) is 20.0 Å². The number of hydrogen-bond donors (Lipinski definition) is 2. The first kappa shape index (κ1) is 15.9. The Morgan fingerprint density at radius 2 is 2.05 bits per heavy atom. The van der Waals surface area contributed by atoms with Crippen molar-refractivity contribution >= 4 is 5.69 Å². The second kappa shape index (κ2) is 6.95. The lowest BCUT2D eigenvalue weighted by Gasteiger charge is -2.25.